The molecule has 110 valence electrons. The van der Waals surface area contributed by atoms with Crippen molar-refractivity contribution in [3.63, 3.8) is 0 Å². The Bertz CT molecular complexity index is 626. The van der Waals surface area contributed by atoms with Gasteiger partial charge in [0, 0.05) is 17.8 Å². The van der Waals surface area contributed by atoms with E-state index in [-0.39, 0.29) is 18.3 Å². The number of carbonyl (C=O) groups is 1. The van der Waals surface area contributed by atoms with Crippen molar-refractivity contribution in [2.24, 2.45) is 0 Å². The van der Waals surface area contributed by atoms with Crippen molar-refractivity contribution in [1.29, 1.82) is 0 Å². The molecule has 0 amide bonds. The van der Waals surface area contributed by atoms with Crippen LogP contribution < -0.4 is 5.32 Å². The van der Waals surface area contributed by atoms with Crippen LogP contribution in [0.2, 0.25) is 0 Å². The summed E-state index contributed by atoms with van der Waals surface area (Å²) in [6, 6.07) is 10.5. The molecule has 21 heavy (non-hydrogen) atoms. The van der Waals surface area contributed by atoms with Gasteiger partial charge in [0.2, 0.25) is 0 Å². The first kappa shape index (κ1) is 14.8. The topological polar surface area (TPSA) is 58.6 Å². The predicted octanol–water partition coefficient (Wildman–Crippen LogP) is 3.32. The molecule has 0 aromatic heterocycles. The maximum Gasteiger partial charge on any atom is 0.338 e. The zero-order valence-electron chi connectivity index (χ0n) is 11.6. The second-order valence-electron chi connectivity index (χ2n) is 4.42. The fourth-order valence-corrected chi connectivity index (χ4v) is 1.83. The lowest BCUT2D eigenvalue weighted by Gasteiger charge is -2.09. The Balaban J connectivity index is 2.00. The van der Waals surface area contributed by atoms with Crippen LogP contribution in [0.1, 0.15) is 22.8 Å². The number of rotatable bonds is 5. The van der Waals surface area contributed by atoms with Gasteiger partial charge in [0.05, 0.1) is 12.2 Å². The lowest BCUT2D eigenvalue weighted by Crippen LogP contribution is -2.05. The zero-order chi connectivity index (χ0) is 15.2. The minimum absolute atomic E-state index is 0.0343. The van der Waals surface area contributed by atoms with Crippen LogP contribution in [0.25, 0.3) is 0 Å². The zero-order valence-corrected chi connectivity index (χ0v) is 11.6. The number of nitrogens with one attached hydrogen (secondary N) is 1. The fraction of sp³-hybridized carbons (Fsp3) is 0.188. The van der Waals surface area contributed by atoms with Crippen molar-refractivity contribution in [2.45, 2.75) is 13.5 Å². The molecule has 0 aliphatic heterocycles. The van der Waals surface area contributed by atoms with E-state index < -0.39 is 5.82 Å². The average Bonchev–Trinajstić information content (AvgIpc) is 2.49. The first-order valence-electron chi connectivity index (χ1n) is 6.58. The minimum atomic E-state index is -0.401. The fourth-order valence-electron chi connectivity index (χ4n) is 1.83. The molecule has 0 radical (unpaired) electrons. The molecule has 0 fully saturated rings. The van der Waals surface area contributed by atoms with Crippen LogP contribution >= 0.6 is 0 Å². The van der Waals surface area contributed by atoms with Gasteiger partial charge < -0.3 is 15.2 Å². The summed E-state index contributed by atoms with van der Waals surface area (Å²) in [7, 11) is 0. The first-order chi connectivity index (χ1) is 10.1. The molecular weight excluding hydrogens is 273 g/mol. The van der Waals surface area contributed by atoms with Crippen LogP contribution in [-0.4, -0.2) is 17.7 Å². The van der Waals surface area contributed by atoms with Crippen molar-refractivity contribution >= 4 is 11.7 Å². The number of esters is 1. The lowest BCUT2D eigenvalue weighted by molar-refractivity contribution is 0.0526. The Morgan fingerprint density at radius 2 is 1.95 bits per heavy atom. The van der Waals surface area contributed by atoms with Gasteiger partial charge in [-0.25, -0.2) is 9.18 Å². The summed E-state index contributed by atoms with van der Waals surface area (Å²) in [5.74, 6) is -0.735. The van der Waals surface area contributed by atoms with Gasteiger partial charge in [-0.3, -0.25) is 0 Å². The molecule has 0 heterocycles. The molecular formula is C16H16FNO3. The second-order valence-corrected chi connectivity index (χ2v) is 4.42. The summed E-state index contributed by atoms with van der Waals surface area (Å²) in [6.07, 6.45) is 0. The molecule has 2 N–H and O–H groups in total. The number of benzene rings is 2. The van der Waals surface area contributed by atoms with Crippen molar-refractivity contribution < 1.29 is 19.0 Å². The molecule has 2 aromatic rings. The van der Waals surface area contributed by atoms with Crippen LogP contribution in [0.5, 0.6) is 5.75 Å². The molecule has 0 aliphatic carbocycles. The average molecular weight is 289 g/mol. The molecule has 0 atom stereocenters. The van der Waals surface area contributed by atoms with E-state index in [0.29, 0.717) is 17.7 Å². The van der Waals surface area contributed by atoms with E-state index in [1.807, 2.05) is 0 Å². The smallest absolute Gasteiger partial charge is 0.338 e. The third-order valence-corrected chi connectivity index (χ3v) is 2.92. The Labute approximate surface area is 122 Å². The van der Waals surface area contributed by atoms with Gasteiger partial charge in [-0.2, -0.15) is 0 Å². The molecule has 0 spiro atoms. The van der Waals surface area contributed by atoms with Gasteiger partial charge in [-0.05, 0) is 49.4 Å². The van der Waals surface area contributed by atoms with Gasteiger partial charge in [0.15, 0.2) is 0 Å². The van der Waals surface area contributed by atoms with E-state index in [9.17, 15) is 14.3 Å². The molecule has 0 bridgehead atoms. The number of ether oxygens (including phenoxy) is 1. The normalized spacial score (nSPS) is 10.2. The van der Waals surface area contributed by atoms with Crippen molar-refractivity contribution in [3.8, 4) is 5.75 Å². The number of anilines is 1. The third-order valence-electron chi connectivity index (χ3n) is 2.92. The number of halogens is 1. The summed E-state index contributed by atoms with van der Waals surface area (Å²) in [4.78, 5) is 11.5. The van der Waals surface area contributed by atoms with Crippen molar-refractivity contribution in [3.05, 3.63) is 59.4 Å². The molecule has 0 saturated carbocycles. The Hall–Kier alpha value is -2.56. The molecule has 0 unspecified atom stereocenters. The van der Waals surface area contributed by atoms with Crippen molar-refractivity contribution in [1.82, 2.24) is 0 Å². The van der Waals surface area contributed by atoms with Gasteiger partial charge in [0.25, 0.3) is 0 Å². The quantitative estimate of drug-likeness (QED) is 0.829. The van der Waals surface area contributed by atoms with Crippen LogP contribution in [0.15, 0.2) is 42.5 Å². The van der Waals surface area contributed by atoms with E-state index in [1.165, 1.54) is 18.2 Å². The minimum Gasteiger partial charge on any atom is -0.508 e. The summed E-state index contributed by atoms with van der Waals surface area (Å²) >= 11 is 0. The summed E-state index contributed by atoms with van der Waals surface area (Å²) in [5.41, 5.74) is 1.69. The second kappa shape index (κ2) is 6.74. The van der Waals surface area contributed by atoms with E-state index >= 15 is 0 Å². The summed E-state index contributed by atoms with van der Waals surface area (Å²) in [6.45, 7) is 2.36. The number of hydrogen-bond acceptors (Lipinski definition) is 4. The van der Waals surface area contributed by atoms with Crippen molar-refractivity contribution in [2.75, 3.05) is 11.9 Å². The lowest BCUT2D eigenvalue weighted by atomic mass is 10.1. The number of hydrogen-bond donors (Lipinski definition) is 2. The third kappa shape index (κ3) is 3.95. The maximum atomic E-state index is 13.1. The Morgan fingerprint density at radius 3 is 2.62 bits per heavy atom. The van der Waals surface area contributed by atoms with Crippen LogP contribution in [0.3, 0.4) is 0 Å². The van der Waals surface area contributed by atoms with Crippen LogP contribution in [-0.2, 0) is 11.3 Å². The van der Waals surface area contributed by atoms with Gasteiger partial charge >= 0.3 is 5.97 Å². The molecule has 4 nitrogen and oxygen atoms in total. The van der Waals surface area contributed by atoms with Gasteiger partial charge in [-0.15, -0.1) is 0 Å². The first-order valence-corrected chi connectivity index (χ1v) is 6.58. The number of aromatic hydroxyl groups is 1. The molecule has 5 heteroatoms. The summed E-state index contributed by atoms with van der Waals surface area (Å²) in [5, 5.41) is 12.7. The SMILES string of the molecule is CCOC(=O)c1ccc(NCc2cc(F)ccc2O)cc1. The highest BCUT2D eigenvalue weighted by atomic mass is 19.1. The highest BCUT2D eigenvalue weighted by molar-refractivity contribution is 5.89. The van der Waals surface area contributed by atoms with E-state index in [1.54, 1.807) is 31.2 Å². The molecule has 0 saturated heterocycles. The van der Waals surface area contributed by atoms with Gasteiger partial charge in [-0.1, -0.05) is 0 Å². The van der Waals surface area contributed by atoms with Crippen LogP contribution in [0, 0.1) is 5.82 Å². The predicted molar refractivity (Wildman–Crippen MR) is 77.8 cm³/mol. The Morgan fingerprint density at radius 1 is 1.24 bits per heavy atom. The van der Waals surface area contributed by atoms with E-state index in [0.717, 1.165) is 5.69 Å². The highest BCUT2D eigenvalue weighted by Gasteiger charge is 2.06. The van der Waals surface area contributed by atoms with E-state index in [4.69, 9.17) is 4.74 Å². The Kier molecular flexibility index (Phi) is 4.77. The van der Waals surface area contributed by atoms with Crippen LogP contribution in [0.4, 0.5) is 10.1 Å². The number of phenols is 1. The summed E-state index contributed by atoms with van der Waals surface area (Å²) < 4.78 is 18.0. The highest BCUT2D eigenvalue weighted by Crippen LogP contribution is 2.19. The van der Waals surface area contributed by atoms with Gasteiger partial charge in [0.1, 0.15) is 11.6 Å². The number of phenolic OH excluding ortho intramolecular Hbond substituents is 1. The molecule has 2 aromatic carbocycles. The number of carbonyl (C=O) groups excluding carboxylic acids is 1. The monoisotopic (exact) mass is 289 g/mol. The van der Waals surface area contributed by atoms with E-state index in [2.05, 4.69) is 5.32 Å². The standard InChI is InChI=1S/C16H16FNO3/c1-2-21-16(20)11-3-6-14(7-4-11)18-10-12-9-13(17)5-8-15(12)19/h3-9,18-19H,2,10H2,1H3. The molecule has 0 aliphatic rings. The largest absolute Gasteiger partial charge is 0.508 e. The maximum absolute atomic E-state index is 13.1. The molecule has 2 rings (SSSR count).